The third kappa shape index (κ3) is 6.64. The van der Waals surface area contributed by atoms with Crippen LogP contribution in [0.5, 0.6) is 0 Å². The number of rotatable bonds is 2. The summed E-state index contributed by atoms with van der Waals surface area (Å²) in [6.45, 7) is 7.14. The molecule has 0 saturated carbocycles. The second-order valence-electron chi connectivity index (χ2n) is 14.6. The quantitative estimate of drug-likeness (QED) is 0.214. The molecule has 4 nitrogen and oxygen atoms in total. The lowest BCUT2D eigenvalue weighted by atomic mass is 9.64. The Morgan fingerprint density at radius 2 is 1.23 bits per heavy atom. The molecule has 2 aliphatic carbocycles. The topological polar surface area (TPSA) is 32.3 Å². The summed E-state index contributed by atoms with van der Waals surface area (Å²) >= 11 is 12.6. The summed E-state index contributed by atoms with van der Waals surface area (Å²) in [5.41, 5.74) is 11.1. The molecule has 0 radical (unpaired) electrons. The number of hydrogen-bond donors (Lipinski definition) is 0. The van der Waals surface area contributed by atoms with Gasteiger partial charge in [-0.3, -0.25) is 9.97 Å². The predicted octanol–water partition coefficient (Wildman–Crippen LogP) is 8.79. The molecule has 4 aliphatic rings. The van der Waals surface area contributed by atoms with Gasteiger partial charge in [-0.1, -0.05) is 47.5 Å². The van der Waals surface area contributed by atoms with E-state index >= 15 is 0 Å². The maximum Gasteiger partial charge on any atom is 0.0541 e. The zero-order chi connectivity index (χ0) is 32.5. The molecule has 0 bridgehead atoms. The van der Waals surface area contributed by atoms with E-state index in [2.05, 4.69) is 91.5 Å². The third-order valence-corrected chi connectivity index (χ3v) is 12.2. The first-order valence-electron chi connectivity index (χ1n) is 17.6. The fourth-order valence-corrected chi connectivity index (χ4v) is 9.46. The Hall–Kier alpha value is -2.76. The number of halogens is 2. The summed E-state index contributed by atoms with van der Waals surface area (Å²) in [6.07, 6.45) is 13.1. The van der Waals surface area contributed by atoms with E-state index in [1.165, 1.54) is 96.6 Å². The van der Waals surface area contributed by atoms with E-state index < -0.39 is 0 Å². The molecule has 2 fully saturated rings. The second-order valence-corrected chi connectivity index (χ2v) is 15.5. The number of aromatic nitrogens is 2. The first-order valence-corrected chi connectivity index (χ1v) is 18.4. The van der Waals surface area contributed by atoms with Crippen molar-refractivity contribution in [1.29, 1.82) is 0 Å². The molecule has 6 heteroatoms. The molecule has 246 valence electrons. The van der Waals surface area contributed by atoms with Crippen molar-refractivity contribution in [2.24, 2.45) is 11.8 Å². The van der Waals surface area contributed by atoms with Gasteiger partial charge in [0.25, 0.3) is 0 Å². The van der Waals surface area contributed by atoms with Crippen molar-refractivity contribution in [1.82, 2.24) is 19.8 Å². The summed E-state index contributed by atoms with van der Waals surface area (Å²) in [6, 6.07) is 21.7. The Morgan fingerprint density at radius 1 is 0.660 bits per heavy atom. The lowest BCUT2D eigenvalue weighted by Gasteiger charge is -2.43. The number of likely N-dealkylation sites (tertiary alicyclic amines) is 2. The van der Waals surface area contributed by atoms with Gasteiger partial charge in [-0.15, -0.1) is 0 Å². The highest BCUT2D eigenvalue weighted by Crippen LogP contribution is 2.48. The minimum absolute atomic E-state index is 0.0196. The van der Waals surface area contributed by atoms with Gasteiger partial charge in [-0.05, 0) is 180 Å². The third-order valence-electron chi connectivity index (χ3n) is 11.8. The number of aryl methyl sites for hydroxylation is 4. The van der Waals surface area contributed by atoms with Crippen molar-refractivity contribution >= 4 is 23.2 Å². The highest BCUT2D eigenvalue weighted by molar-refractivity contribution is 6.31. The Kier molecular flexibility index (Phi) is 9.76. The average Bonchev–Trinajstić information content (AvgIpc) is 3.32. The van der Waals surface area contributed by atoms with Crippen molar-refractivity contribution in [3.05, 3.63) is 128 Å². The van der Waals surface area contributed by atoms with Crippen LogP contribution >= 0.6 is 23.2 Å². The van der Waals surface area contributed by atoms with E-state index in [-0.39, 0.29) is 5.41 Å². The van der Waals surface area contributed by atoms with E-state index in [1.54, 1.807) is 0 Å². The molecule has 8 rings (SSSR count). The van der Waals surface area contributed by atoms with Crippen LogP contribution in [-0.4, -0.2) is 60.0 Å². The van der Waals surface area contributed by atoms with E-state index in [0.717, 1.165) is 35.7 Å². The Morgan fingerprint density at radius 3 is 1.98 bits per heavy atom. The predicted molar refractivity (Wildman–Crippen MR) is 195 cm³/mol. The SMILES string of the molecule is CN1CCC(C2(C)c3ccc(Cl)cc3CCc3cccnc32)CC1.CN1CCC(C2c3ccc(Cl)cc3CCc3cccnc32)CC1. The maximum absolute atomic E-state index is 6.32. The minimum atomic E-state index is -0.0196. The Balaban J connectivity index is 0.000000150. The molecule has 0 amide bonds. The van der Waals surface area contributed by atoms with Crippen LogP contribution in [0.25, 0.3) is 0 Å². The fraction of sp³-hybridized carbons (Fsp3) is 0.463. The van der Waals surface area contributed by atoms with Crippen LogP contribution in [0.1, 0.15) is 83.3 Å². The molecule has 4 aromatic rings. The normalized spacial score (nSPS) is 23.6. The van der Waals surface area contributed by atoms with Crippen LogP contribution in [0.2, 0.25) is 10.0 Å². The van der Waals surface area contributed by atoms with Gasteiger partial charge in [0, 0.05) is 33.8 Å². The molecule has 2 aliphatic heterocycles. The highest BCUT2D eigenvalue weighted by atomic mass is 35.5. The smallest absolute Gasteiger partial charge is 0.0541 e. The summed E-state index contributed by atoms with van der Waals surface area (Å²) in [5, 5.41) is 1.70. The van der Waals surface area contributed by atoms with Gasteiger partial charge in [0.15, 0.2) is 0 Å². The molecular formula is C41H48Cl2N4. The lowest BCUT2D eigenvalue weighted by Crippen LogP contribution is -2.42. The molecule has 0 N–H and O–H groups in total. The molecule has 47 heavy (non-hydrogen) atoms. The summed E-state index contributed by atoms with van der Waals surface area (Å²) in [4.78, 5) is 14.6. The van der Waals surface area contributed by atoms with Gasteiger partial charge in [-0.2, -0.15) is 0 Å². The molecular weight excluding hydrogens is 619 g/mol. The standard InChI is InChI=1S/C21H25ClN2.C20H23ClN2/c1-21(17-9-12-24(2)13-10-17)19-8-7-18(22)14-16(19)6-5-15-4-3-11-23-20(15)21;1-23-11-8-14(9-12-23)19-18-7-6-17(21)13-16(18)5-4-15-3-2-10-22-20(15)19/h3-4,7-8,11,14,17H,5-6,9-10,12-13H2,1-2H3;2-3,6-7,10,13-14,19H,4-5,8-9,11-12H2,1H3. The van der Waals surface area contributed by atoms with Crippen LogP contribution < -0.4 is 0 Å². The van der Waals surface area contributed by atoms with Crippen LogP contribution in [0.15, 0.2) is 73.1 Å². The highest BCUT2D eigenvalue weighted by Gasteiger charge is 2.43. The molecule has 2 atom stereocenters. The Labute approximate surface area is 291 Å². The maximum atomic E-state index is 6.32. The average molecular weight is 668 g/mol. The first kappa shape index (κ1) is 32.8. The number of benzene rings is 2. The van der Waals surface area contributed by atoms with Crippen molar-refractivity contribution < 1.29 is 0 Å². The molecule has 0 spiro atoms. The van der Waals surface area contributed by atoms with Crippen molar-refractivity contribution in [3.63, 3.8) is 0 Å². The number of piperidine rings is 2. The number of fused-ring (bicyclic) bond motifs is 4. The molecule has 2 aromatic heterocycles. The summed E-state index contributed by atoms with van der Waals surface area (Å²) in [7, 11) is 4.45. The molecule has 2 aromatic carbocycles. The van der Waals surface area contributed by atoms with Gasteiger partial charge in [-0.25, -0.2) is 0 Å². The van der Waals surface area contributed by atoms with E-state index in [1.807, 2.05) is 12.4 Å². The van der Waals surface area contributed by atoms with Crippen LogP contribution in [0.3, 0.4) is 0 Å². The van der Waals surface area contributed by atoms with Crippen LogP contribution in [0.4, 0.5) is 0 Å². The summed E-state index contributed by atoms with van der Waals surface area (Å²) < 4.78 is 0. The minimum Gasteiger partial charge on any atom is -0.306 e. The number of nitrogens with zero attached hydrogens (tertiary/aromatic N) is 4. The summed E-state index contributed by atoms with van der Waals surface area (Å²) in [5.74, 6) is 1.73. The van der Waals surface area contributed by atoms with Crippen molar-refractivity contribution in [3.8, 4) is 0 Å². The number of hydrogen-bond acceptors (Lipinski definition) is 4. The van der Waals surface area contributed by atoms with Crippen molar-refractivity contribution in [2.45, 2.75) is 69.6 Å². The van der Waals surface area contributed by atoms with Gasteiger partial charge >= 0.3 is 0 Å². The zero-order valence-corrected chi connectivity index (χ0v) is 29.7. The fourth-order valence-electron chi connectivity index (χ4n) is 9.07. The van der Waals surface area contributed by atoms with Gasteiger partial charge < -0.3 is 9.80 Å². The van der Waals surface area contributed by atoms with Gasteiger partial charge in [0.2, 0.25) is 0 Å². The lowest BCUT2D eigenvalue weighted by molar-refractivity contribution is 0.170. The second kappa shape index (κ2) is 14.0. The van der Waals surface area contributed by atoms with Crippen LogP contribution in [0, 0.1) is 11.8 Å². The molecule has 4 heterocycles. The Bertz CT molecular complexity index is 1710. The van der Waals surface area contributed by atoms with Gasteiger partial charge in [0.05, 0.1) is 11.4 Å². The number of pyridine rings is 2. The molecule has 2 unspecified atom stereocenters. The van der Waals surface area contributed by atoms with Gasteiger partial charge in [0.1, 0.15) is 0 Å². The first-order chi connectivity index (χ1) is 22.8. The molecule has 2 saturated heterocycles. The van der Waals surface area contributed by atoms with E-state index in [4.69, 9.17) is 33.2 Å². The van der Waals surface area contributed by atoms with E-state index in [0.29, 0.717) is 17.8 Å². The van der Waals surface area contributed by atoms with Crippen molar-refractivity contribution in [2.75, 3.05) is 40.3 Å². The van der Waals surface area contributed by atoms with E-state index in [9.17, 15) is 0 Å². The largest absolute Gasteiger partial charge is 0.306 e. The zero-order valence-electron chi connectivity index (χ0n) is 28.2. The van der Waals surface area contributed by atoms with Crippen LogP contribution in [-0.2, 0) is 31.1 Å². The monoisotopic (exact) mass is 666 g/mol.